The van der Waals surface area contributed by atoms with Crippen LogP contribution in [-0.4, -0.2) is 18.3 Å². The van der Waals surface area contributed by atoms with Crippen molar-refractivity contribution in [2.24, 2.45) is 10.8 Å². The molecule has 0 aliphatic heterocycles. The number of rotatable bonds is 3. The Balaban J connectivity index is 2.59. The van der Waals surface area contributed by atoms with Crippen LogP contribution in [-0.2, 0) is 0 Å². The van der Waals surface area contributed by atoms with Crippen molar-refractivity contribution in [3.63, 3.8) is 0 Å². The van der Waals surface area contributed by atoms with Crippen LogP contribution in [0.2, 0.25) is 10.0 Å². The topological polar surface area (TPSA) is 79.5 Å². The van der Waals surface area contributed by atoms with E-state index in [1.807, 2.05) is 0 Å². The summed E-state index contributed by atoms with van der Waals surface area (Å²) in [6.45, 7) is 1.99. The van der Waals surface area contributed by atoms with Crippen LogP contribution in [0.5, 0.6) is 0 Å². The zero-order valence-corrected chi connectivity index (χ0v) is 10.6. The van der Waals surface area contributed by atoms with Crippen LogP contribution in [0.1, 0.15) is 6.92 Å². The second kappa shape index (κ2) is 6.44. The Labute approximate surface area is 109 Å². The number of amides is 2. The third kappa shape index (κ3) is 4.60. The molecular weight excluding hydrogens is 263 g/mol. The number of hydrogen-bond acceptors (Lipinski definition) is 3. The molecule has 5 nitrogen and oxygen atoms in total. The molecule has 1 aromatic rings. The molecule has 0 unspecified atom stereocenters. The fourth-order valence-corrected chi connectivity index (χ4v) is 1.22. The van der Waals surface area contributed by atoms with Gasteiger partial charge in [0.15, 0.2) is 0 Å². The molecule has 0 aliphatic rings. The average molecular weight is 275 g/mol. The van der Waals surface area contributed by atoms with Crippen LogP contribution >= 0.6 is 23.2 Å². The lowest BCUT2D eigenvalue weighted by Gasteiger charge is -2.05. The highest BCUT2D eigenvalue weighted by Crippen LogP contribution is 2.24. The Morgan fingerprint density at radius 1 is 1.41 bits per heavy atom. The van der Waals surface area contributed by atoms with E-state index in [1.54, 1.807) is 25.1 Å². The molecule has 0 saturated carbocycles. The van der Waals surface area contributed by atoms with Gasteiger partial charge in [-0.15, -0.1) is 0 Å². The van der Waals surface area contributed by atoms with Crippen molar-refractivity contribution in [3.8, 4) is 0 Å². The maximum Gasteiger partial charge on any atom is 0.339 e. The first kappa shape index (κ1) is 13.8. The minimum absolute atomic E-state index is 0.285. The fourth-order valence-electron chi connectivity index (χ4n) is 0.925. The number of hydrazone groups is 1. The van der Waals surface area contributed by atoms with Crippen LogP contribution in [0.15, 0.2) is 23.3 Å². The molecule has 0 fully saturated rings. The smallest absolute Gasteiger partial charge is 0.325 e. The monoisotopic (exact) mass is 274 g/mol. The first-order valence-electron chi connectivity index (χ1n) is 4.78. The third-order valence-corrected chi connectivity index (χ3v) is 2.56. The summed E-state index contributed by atoms with van der Waals surface area (Å²) >= 11 is 11.5. The largest absolute Gasteiger partial charge is 0.339 e. The van der Waals surface area contributed by atoms with Crippen molar-refractivity contribution < 1.29 is 4.79 Å². The first-order valence-corrected chi connectivity index (χ1v) is 5.54. The zero-order chi connectivity index (χ0) is 12.8. The number of halogens is 2. The molecule has 1 aromatic carbocycles. The third-order valence-electron chi connectivity index (χ3n) is 1.82. The molecule has 7 heteroatoms. The number of benzene rings is 1. The predicted molar refractivity (Wildman–Crippen MR) is 70.8 cm³/mol. The number of carbonyl (C=O) groups excluding carboxylic acids is 1. The summed E-state index contributed by atoms with van der Waals surface area (Å²) in [6, 6.07) is 4.29. The minimum atomic E-state index is -0.476. The molecule has 4 N–H and O–H groups in total. The van der Waals surface area contributed by atoms with Crippen molar-refractivity contribution in [3.05, 3.63) is 28.2 Å². The van der Waals surface area contributed by atoms with Crippen LogP contribution in [0, 0.1) is 0 Å². The van der Waals surface area contributed by atoms with E-state index in [1.165, 1.54) is 0 Å². The van der Waals surface area contributed by atoms with Gasteiger partial charge >= 0.3 is 6.03 Å². The van der Waals surface area contributed by atoms with Crippen molar-refractivity contribution >= 4 is 40.6 Å². The molecule has 0 spiro atoms. The van der Waals surface area contributed by atoms with Gasteiger partial charge in [-0.05, 0) is 25.1 Å². The maximum atomic E-state index is 11.4. The Morgan fingerprint density at radius 3 is 2.71 bits per heavy atom. The van der Waals surface area contributed by atoms with Crippen molar-refractivity contribution in [1.82, 2.24) is 5.43 Å². The Bertz CT molecular complexity index is 448. The normalized spacial score (nSPS) is 11.2. The van der Waals surface area contributed by atoms with E-state index < -0.39 is 6.03 Å². The molecule has 92 valence electrons. The molecule has 0 bridgehead atoms. The van der Waals surface area contributed by atoms with E-state index in [0.717, 1.165) is 0 Å². The highest BCUT2D eigenvalue weighted by molar-refractivity contribution is 6.42. The number of nitrogens with one attached hydrogen (secondary N) is 2. The van der Waals surface area contributed by atoms with Gasteiger partial charge in [0.2, 0.25) is 0 Å². The van der Waals surface area contributed by atoms with Crippen molar-refractivity contribution in [2.75, 3.05) is 11.9 Å². The van der Waals surface area contributed by atoms with E-state index in [2.05, 4.69) is 15.8 Å². The van der Waals surface area contributed by atoms with Gasteiger partial charge in [0, 0.05) is 17.9 Å². The lowest BCUT2D eigenvalue weighted by molar-refractivity contribution is 0.252. The van der Waals surface area contributed by atoms with Gasteiger partial charge in [-0.25, -0.2) is 10.2 Å². The van der Waals surface area contributed by atoms with Crippen LogP contribution in [0.4, 0.5) is 10.5 Å². The average Bonchev–Trinajstić information content (AvgIpc) is 2.31. The zero-order valence-electron chi connectivity index (χ0n) is 9.13. The lowest BCUT2D eigenvalue weighted by Crippen LogP contribution is -2.26. The van der Waals surface area contributed by atoms with Gasteiger partial charge in [-0.1, -0.05) is 23.2 Å². The number of urea groups is 1. The summed E-state index contributed by atoms with van der Waals surface area (Å²) in [5.74, 6) is 0. The summed E-state index contributed by atoms with van der Waals surface area (Å²) in [7, 11) is 0. The molecule has 0 aliphatic carbocycles. The van der Waals surface area contributed by atoms with E-state index >= 15 is 0 Å². The summed E-state index contributed by atoms with van der Waals surface area (Å²) in [6.07, 6.45) is 0. The number of nitrogens with zero attached hydrogens (tertiary/aromatic N) is 1. The summed E-state index contributed by atoms with van der Waals surface area (Å²) in [4.78, 5) is 11.4. The highest BCUT2D eigenvalue weighted by atomic mass is 35.5. The molecule has 0 saturated heterocycles. The molecule has 0 heterocycles. The molecule has 1 rings (SSSR count). The summed E-state index contributed by atoms with van der Waals surface area (Å²) < 4.78 is 0. The van der Waals surface area contributed by atoms with E-state index in [-0.39, 0.29) is 6.54 Å². The number of carbonyl (C=O) groups is 1. The van der Waals surface area contributed by atoms with Gasteiger partial charge in [-0.3, -0.25) is 0 Å². The van der Waals surface area contributed by atoms with Crippen LogP contribution in [0.3, 0.4) is 0 Å². The van der Waals surface area contributed by atoms with Gasteiger partial charge in [0.05, 0.1) is 10.0 Å². The fraction of sp³-hybridized carbons (Fsp3) is 0.200. The van der Waals surface area contributed by atoms with E-state index in [9.17, 15) is 4.79 Å². The second-order valence-corrected chi connectivity index (χ2v) is 4.06. The van der Waals surface area contributed by atoms with Gasteiger partial charge in [0.1, 0.15) is 0 Å². The van der Waals surface area contributed by atoms with Crippen molar-refractivity contribution in [1.29, 1.82) is 0 Å². The van der Waals surface area contributed by atoms with Gasteiger partial charge < -0.3 is 11.1 Å². The summed E-state index contributed by atoms with van der Waals surface area (Å²) in [5.41, 5.74) is 8.76. The Hall–Kier alpha value is -1.30. The summed E-state index contributed by atoms with van der Waals surface area (Å²) in [5, 5.41) is 7.09. The molecule has 2 amide bonds. The molecule has 0 radical (unpaired) electrons. The van der Waals surface area contributed by atoms with Gasteiger partial charge in [-0.2, -0.15) is 5.10 Å². The van der Waals surface area contributed by atoms with Crippen LogP contribution in [0.25, 0.3) is 0 Å². The van der Waals surface area contributed by atoms with E-state index in [0.29, 0.717) is 21.4 Å². The molecule has 0 aromatic heterocycles. The Kier molecular flexibility index (Phi) is 5.21. The molecular formula is C10H12Cl2N4O. The minimum Gasteiger partial charge on any atom is -0.325 e. The first-order chi connectivity index (χ1) is 8.02. The standard InChI is InChI=1S/C10H12Cl2N4O/c1-6(5-13)15-16-10(17)14-7-2-3-8(11)9(12)4-7/h2-4H,5,13H2,1H3,(H2,14,16,17). The quantitative estimate of drug-likeness (QED) is 0.585. The number of anilines is 1. The van der Waals surface area contributed by atoms with Gasteiger partial charge in [0.25, 0.3) is 0 Å². The SMILES string of the molecule is CC(CN)=NNC(=O)Nc1ccc(Cl)c(Cl)c1. The lowest BCUT2D eigenvalue weighted by atomic mass is 10.3. The molecule has 0 atom stereocenters. The second-order valence-electron chi connectivity index (χ2n) is 3.25. The van der Waals surface area contributed by atoms with Crippen molar-refractivity contribution in [2.45, 2.75) is 6.92 Å². The van der Waals surface area contributed by atoms with E-state index in [4.69, 9.17) is 28.9 Å². The maximum absolute atomic E-state index is 11.4. The molecule has 17 heavy (non-hydrogen) atoms. The Morgan fingerprint density at radius 2 is 2.12 bits per heavy atom. The highest BCUT2D eigenvalue weighted by Gasteiger charge is 2.03. The number of nitrogens with two attached hydrogens (primary N) is 1. The van der Waals surface area contributed by atoms with Crippen LogP contribution < -0.4 is 16.5 Å². The number of hydrogen-bond donors (Lipinski definition) is 3. The predicted octanol–water partition coefficient (Wildman–Crippen LogP) is 2.45.